The highest BCUT2D eigenvalue weighted by Crippen LogP contribution is 2.14. The van der Waals surface area contributed by atoms with Crippen LogP contribution in [0.15, 0.2) is 29.2 Å². The van der Waals surface area contributed by atoms with Gasteiger partial charge in [0.1, 0.15) is 8.07 Å². The molecule has 1 rings (SSSR count). The van der Waals surface area contributed by atoms with E-state index >= 15 is 0 Å². The topological polar surface area (TPSA) is 46.2 Å². The molecule has 0 aliphatic rings. The first-order valence-corrected chi connectivity index (χ1v) is 11.5. The molecule has 0 radical (unpaired) electrons. The van der Waals surface area contributed by atoms with Gasteiger partial charge in [0.25, 0.3) is 0 Å². The van der Waals surface area contributed by atoms with Crippen molar-refractivity contribution in [2.24, 2.45) is 0 Å². The standard InChI is InChI=1S/C15H23NO2SSi/c1-15(2,3)16-19(17,18)14-9-7-8-13(12-14)10-11-20(4,5)6/h7-9,12,16H,1-6H3. The van der Waals surface area contributed by atoms with Crippen LogP contribution >= 0.6 is 0 Å². The summed E-state index contributed by atoms with van der Waals surface area (Å²) < 4.78 is 27.1. The van der Waals surface area contributed by atoms with E-state index in [1.54, 1.807) is 18.2 Å². The summed E-state index contributed by atoms with van der Waals surface area (Å²) in [6.45, 7) is 11.9. The Hall–Kier alpha value is -1.09. The van der Waals surface area contributed by atoms with Gasteiger partial charge in [-0.15, -0.1) is 5.54 Å². The molecular weight excluding hydrogens is 286 g/mol. The normalized spacial score (nSPS) is 12.7. The van der Waals surface area contributed by atoms with Crippen LogP contribution < -0.4 is 4.72 Å². The smallest absolute Gasteiger partial charge is 0.207 e. The Morgan fingerprint density at radius 3 is 2.25 bits per heavy atom. The summed E-state index contributed by atoms with van der Waals surface area (Å²) in [5, 5.41) is 0. The third-order valence-electron chi connectivity index (χ3n) is 2.17. The highest BCUT2D eigenvalue weighted by Gasteiger charge is 2.21. The van der Waals surface area contributed by atoms with Crippen molar-refractivity contribution < 1.29 is 8.42 Å². The maximum Gasteiger partial charge on any atom is 0.241 e. The quantitative estimate of drug-likeness (QED) is 0.674. The molecule has 110 valence electrons. The highest BCUT2D eigenvalue weighted by atomic mass is 32.2. The van der Waals surface area contributed by atoms with Crippen LogP contribution in [0, 0.1) is 11.5 Å². The molecule has 0 atom stereocenters. The van der Waals surface area contributed by atoms with Gasteiger partial charge in [0, 0.05) is 11.1 Å². The Kier molecular flexibility index (Phi) is 4.85. The van der Waals surface area contributed by atoms with Crippen molar-refractivity contribution in [2.75, 3.05) is 0 Å². The summed E-state index contributed by atoms with van der Waals surface area (Å²) in [5.74, 6) is 3.08. The zero-order valence-electron chi connectivity index (χ0n) is 13.0. The maximum absolute atomic E-state index is 12.3. The van der Waals surface area contributed by atoms with Crippen LogP contribution in [0.5, 0.6) is 0 Å². The number of benzene rings is 1. The monoisotopic (exact) mass is 309 g/mol. The van der Waals surface area contributed by atoms with Gasteiger partial charge in [-0.05, 0) is 39.0 Å². The van der Waals surface area contributed by atoms with Gasteiger partial charge in [0.2, 0.25) is 10.0 Å². The third kappa shape index (κ3) is 5.91. The Morgan fingerprint density at radius 1 is 1.15 bits per heavy atom. The molecule has 0 aromatic heterocycles. The molecule has 1 N–H and O–H groups in total. The second kappa shape index (κ2) is 5.72. The average molecular weight is 310 g/mol. The second-order valence-electron chi connectivity index (χ2n) is 6.88. The molecule has 0 heterocycles. The fraction of sp³-hybridized carbons (Fsp3) is 0.467. The minimum Gasteiger partial charge on any atom is -0.207 e. The molecule has 0 aliphatic carbocycles. The summed E-state index contributed by atoms with van der Waals surface area (Å²) >= 11 is 0. The molecule has 0 unspecified atom stereocenters. The van der Waals surface area contributed by atoms with Crippen LogP contribution in [0.25, 0.3) is 0 Å². The van der Waals surface area contributed by atoms with E-state index in [2.05, 4.69) is 35.8 Å². The minimum absolute atomic E-state index is 0.259. The van der Waals surface area contributed by atoms with E-state index in [0.29, 0.717) is 0 Å². The van der Waals surface area contributed by atoms with Crippen molar-refractivity contribution >= 4 is 18.1 Å². The van der Waals surface area contributed by atoms with Gasteiger partial charge in [-0.2, -0.15) is 0 Å². The van der Waals surface area contributed by atoms with Gasteiger partial charge in [0.15, 0.2) is 0 Å². The number of sulfonamides is 1. The van der Waals surface area contributed by atoms with Crippen LogP contribution in [0.1, 0.15) is 26.3 Å². The van der Waals surface area contributed by atoms with Gasteiger partial charge in [0.05, 0.1) is 4.90 Å². The van der Waals surface area contributed by atoms with Gasteiger partial charge in [-0.25, -0.2) is 13.1 Å². The fourth-order valence-corrected chi connectivity index (χ4v) is 3.45. The summed E-state index contributed by atoms with van der Waals surface area (Å²) in [5.41, 5.74) is 3.48. The first kappa shape index (κ1) is 17.0. The van der Waals surface area contributed by atoms with E-state index < -0.39 is 23.6 Å². The van der Waals surface area contributed by atoms with Crippen LogP contribution in [-0.4, -0.2) is 22.0 Å². The van der Waals surface area contributed by atoms with Crippen LogP contribution in [0.4, 0.5) is 0 Å². The lowest BCUT2D eigenvalue weighted by Gasteiger charge is -2.20. The Morgan fingerprint density at radius 2 is 1.75 bits per heavy atom. The van der Waals surface area contributed by atoms with Crippen molar-refractivity contribution in [3.63, 3.8) is 0 Å². The van der Waals surface area contributed by atoms with Gasteiger partial charge in [-0.1, -0.05) is 31.6 Å². The molecular formula is C15H23NO2SSi. The first-order chi connectivity index (χ1) is 8.89. The molecule has 0 saturated carbocycles. The zero-order valence-corrected chi connectivity index (χ0v) is 14.9. The van der Waals surface area contributed by atoms with Crippen molar-refractivity contribution in [3.8, 4) is 11.5 Å². The highest BCUT2D eigenvalue weighted by molar-refractivity contribution is 7.89. The van der Waals surface area contributed by atoms with Crippen LogP contribution in [0.3, 0.4) is 0 Å². The summed E-state index contributed by atoms with van der Waals surface area (Å²) in [6.07, 6.45) is 0. The Bertz CT molecular complexity index is 641. The number of hydrogen-bond donors (Lipinski definition) is 1. The number of hydrogen-bond acceptors (Lipinski definition) is 2. The summed E-state index contributed by atoms with van der Waals surface area (Å²) in [6, 6.07) is 6.78. The lowest BCUT2D eigenvalue weighted by molar-refractivity contribution is 0.491. The second-order valence-corrected chi connectivity index (χ2v) is 13.3. The number of nitrogens with one attached hydrogen (secondary N) is 1. The molecule has 20 heavy (non-hydrogen) atoms. The van der Waals surface area contributed by atoms with Gasteiger partial charge < -0.3 is 0 Å². The average Bonchev–Trinajstić information content (AvgIpc) is 2.22. The van der Waals surface area contributed by atoms with Gasteiger partial charge >= 0.3 is 0 Å². The Labute approximate surface area is 123 Å². The molecule has 1 aromatic rings. The molecule has 0 saturated heterocycles. The molecule has 1 aromatic carbocycles. The molecule has 3 nitrogen and oxygen atoms in total. The maximum atomic E-state index is 12.3. The van der Waals surface area contributed by atoms with Crippen LogP contribution in [0.2, 0.25) is 19.6 Å². The zero-order chi connectivity index (χ0) is 15.6. The minimum atomic E-state index is -3.50. The fourth-order valence-electron chi connectivity index (χ4n) is 1.46. The summed E-state index contributed by atoms with van der Waals surface area (Å²) in [7, 11) is -4.97. The van der Waals surface area contributed by atoms with E-state index in [0.717, 1.165) is 5.56 Å². The third-order valence-corrected chi connectivity index (χ3v) is 4.80. The predicted octanol–water partition coefficient (Wildman–Crippen LogP) is 2.99. The van der Waals surface area contributed by atoms with E-state index in [9.17, 15) is 8.42 Å². The largest absolute Gasteiger partial charge is 0.241 e. The molecule has 0 amide bonds. The SMILES string of the molecule is CC(C)(C)NS(=O)(=O)c1cccc(C#C[Si](C)(C)C)c1. The predicted molar refractivity (Wildman–Crippen MR) is 86.7 cm³/mol. The molecule has 0 aliphatic heterocycles. The lowest BCUT2D eigenvalue weighted by atomic mass is 10.1. The first-order valence-electron chi connectivity index (χ1n) is 6.56. The van der Waals surface area contributed by atoms with Crippen LogP contribution in [-0.2, 0) is 10.0 Å². The van der Waals surface area contributed by atoms with E-state index in [1.807, 2.05) is 26.8 Å². The number of rotatable bonds is 2. The van der Waals surface area contributed by atoms with Crippen molar-refractivity contribution in [3.05, 3.63) is 29.8 Å². The van der Waals surface area contributed by atoms with E-state index in [4.69, 9.17) is 0 Å². The molecule has 5 heteroatoms. The van der Waals surface area contributed by atoms with Crippen molar-refractivity contribution in [1.82, 2.24) is 4.72 Å². The molecule has 0 spiro atoms. The van der Waals surface area contributed by atoms with E-state index in [1.165, 1.54) is 0 Å². The van der Waals surface area contributed by atoms with E-state index in [-0.39, 0.29) is 4.90 Å². The van der Waals surface area contributed by atoms with Gasteiger partial charge in [-0.3, -0.25) is 0 Å². The Balaban J connectivity index is 3.13. The molecule has 0 fully saturated rings. The van der Waals surface area contributed by atoms with Crippen molar-refractivity contribution in [2.45, 2.75) is 50.8 Å². The molecule has 0 bridgehead atoms. The summed E-state index contributed by atoms with van der Waals surface area (Å²) in [4.78, 5) is 0.259. The lowest BCUT2D eigenvalue weighted by Crippen LogP contribution is -2.40. The van der Waals surface area contributed by atoms with Crippen molar-refractivity contribution in [1.29, 1.82) is 0 Å².